The van der Waals surface area contributed by atoms with Crippen molar-refractivity contribution in [3.63, 3.8) is 0 Å². The van der Waals surface area contributed by atoms with Crippen LogP contribution in [0.4, 0.5) is 26.3 Å². The molecule has 0 bridgehead atoms. The van der Waals surface area contributed by atoms with Crippen molar-refractivity contribution in [2.75, 3.05) is 0 Å². The predicted molar refractivity (Wildman–Crippen MR) is 44.3 cm³/mol. The average molecular weight is 261 g/mol. The zero-order valence-electron chi connectivity index (χ0n) is 9.66. The first-order valence-corrected chi connectivity index (χ1v) is 4.05. The molecule has 0 spiro atoms. The van der Waals surface area contributed by atoms with Gasteiger partial charge in [0.2, 0.25) is 11.6 Å². The van der Waals surface area contributed by atoms with Crippen molar-refractivity contribution < 1.29 is 51.7 Å². The fourth-order valence-electron chi connectivity index (χ4n) is 1.29. The van der Waals surface area contributed by atoms with Crippen LogP contribution in [-0.4, -0.2) is 10.1 Å². The molecule has 0 amide bonds. The number of halogens is 6. The van der Waals surface area contributed by atoms with Gasteiger partial charge < -0.3 is 6.53 Å². The summed E-state index contributed by atoms with van der Waals surface area (Å²) in [6.07, 6.45) is 0. The van der Waals surface area contributed by atoms with Gasteiger partial charge in [0.25, 0.3) is 5.95 Å². The normalized spacial score (nSPS) is 10.6. The van der Waals surface area contributed by atoms with Crippen molar-refractivity contribution in [2.45, 2.75) is 0 Å². The Morgan fingerprint density at radius 1 is 0.778 bits per heavy atom. The zero-order valence-corrected chi connectivity index (χ0v) is 8.66. The summed E-state index contributed by atoms with van der Waals surface area (Å²) in [6.45, 7) is 0. The molecule has 0 aliphatic carbocycles. The van der Waals surface area contributed by atoms with Crippen LogP contribution in [0.25, 0.3) is 10.9 Å². The first-order valence-electron chi connectivity index (χ1n) is 4.05. The largest absolute Gasteiger partial charge is 1.00 e. The molecule has 0 atom stereocenters. The molecule has 0 fully saturated rings. The summed E-state index contributed by atoms with van der Waals surface area (Å²) in [6, 6.07) is 0. The minimum absolute atomic E-state index is 0. The molecule has 2 aromatic rings. The molecular formula is C9H2F6LiNO. The Morgan fingerprint density at radius 3 is 1.83 bits per heavy atom. The Bertz CT molecular complexity index is 645. The molecule has 0 radical (unpaired) electrons. The van der Waals surface area contributed by atoms with Gasteiger partial charge in [-0.15, -0.1) is 0 Å². The number of aromatic nitrogens is 1. The maximum absolute atomic E-state index is 13.1. The standard InChI is InChI=1S/C9HF6NO.Li.H/c10-2-1-3(11)6(14)9(15)16-7(1)8(17)5(13)4(2)12;;/h17H;;/q;+1;-1. The van der Waals surface area contributed by atoms with E-state index in [1.807, 2.05) is 0 Å². The second-order valence-corrected chi connectivity index (χ2v) is 3.04. The van der Waals surface area contributed by atoms with Crippen molar-refractivity contribution >= 4 is 10.9 Å². The summed E-state index contributed by atoms with van der Waals surface area (Å²) in [5.41, 5.74) is -1.24. The van der Waals surface area contributed by atoms with Crippen LogP contribution in [0, 0.1) is 35.0 Å². The molecule has 18 heavy (non-hydrogen) atoms. The molecule has 9 heteroatoms. The van der Waals surface area contributed by atoms with Gasteiger partial charge >= 0.3 is 18.9 Å². The third-order valence-corrected chi connectivity index (χ3v) is 2.08. The number of hydrogen-bond donors (Lipinski definition) is 1. The summed E-state index contributed by atoms with van der Waals surface area (Å²) in [5.74, 6) is -14.2. The SMILES string of the molecule is Oc1c(F)c(F)c(F)c2c(F)c(F)c(F)nc12.[H-].[Li+]. The number of aromatic hydroxyl groups is 1. The van der Waals surface area contributed by atoms with Crippen LogP contribution in [-0.2, 0) is 0 Å². The zero-order chi connectivity index (χ0) is 12.9. The number of phenolic OH excluding ortho intramolecular Hbond substituents is 1. The first kappa shape index (κ1) is 14.7. The van der Waals surface area contributed by atoms with E-state index >= 15 is 0 Å². The van der Waals surface area contributed by atoms with Crippen LogP contribution in [0.15, 0.2) is 0 Å². The molecule has 0 saturated heterocycles. The maximum Gasteiger partial charge on any atom is 1.00 e. The third kappa shape index (κ3) is 1.81. The van der Waals surface area contributed by atoms with E-state index in [0.29, 0.717) is 0 Å². The van der Waals surface area contributed by atoms with E-state index in [0.717, 1.165) is 0 Å². The fourth-order valence-corrected chi connectivity index (χ4v) is 1.29. The van der Waals surface area contributed by atoms with Crippen molar-refractivity contribution in [1.82, 2.24) is 4.98 Å². The van der Waals surface area contributed by atoms with E-state index in [1.54, 1.807) is 0 Å². The quantitative estimate of drug-likeness (QED) is 0.311. The van der Waals surface area contributed by atoms with E-state index in [-0.39, 0.29) is 20.3 Å². The summed E-state index contributed by atoms with van der Waals surface area (Å²) in [7, 11) is 0. The fraction of sp³-hybridized carbons (Fsp3) is 0. The maximum atomic E-state index is 13.1. The second kappa shape index (κ2) is 4.70. The van der Waals surface area contributed by atoms with Gasteiger partial charge in [0, 0.05) is 0 Å². The van der Waals surface area contributed by atoms with Crippen molar-refractivity contribution in [3.8, 4) is 5.75 Å². The van der Waals surface area contributed by atoms with Crippen LogP contribution in [0.5, 0.6) is 5.75 Å². The van der Waals surface area contributed by atoms with Crippen LogP contribution >= 0.6 is 0 Å². The monoisotopic (exact) mass is 261 g/mol. The van der Waals surface area contributed by atoms with Gasteiger partial charge in [-0.1, -0.05) is 0 Å². The van der Waals surface area contributed by atoms with Crippen molar-refractivity contribution in [3.05, 3.63) is 35.0 Å². The summed E-state index contributed by atoms with van der Waals surface area (Å²) in [5, 5.41) is 7.55. The second-order valence-electron chi connectivity index (χ2n) is 3.04. The Balaban J connectivity index is 0.00000162. The van der Waals surface area contributed by atoms with E-state index in [1.165, 1.54) is 0 Å². The Hall–Kier alpha value is -1.39. The van der Waals surface area contributed by atoms with E-state index in [2.05, 4.69) is 4.98 Å². The summed E-state index contributed by atoms with van der Waals surface area (Å²) < 4.78 is 77.3. The number of fused-ring (bicyclic) bond motifs is 1. The molecule has 0 aliphatic heterocycles. The van der Waals surface area contributed by atoms with Gasteiger partial charge in [-0.3, -0.25) is 0 Å². The minimum atomic E-state index is -2.21. The Morgan fingerprint density at radius 2 is 1.28 bits per heavy atom. The molecule has 1 N–H and O–H groups in total. The molecular weight excluding hydrogens is 259 g/mol. The smallest absolute Gasteiger partial charge is 1.00 e. The van der Waals surface area contributed by atoms with Gasteiger partial charge in [-0.2, -0.15) is 13.2 Å². The number of nitrogens with zero attached hydrogens (tertiary/aromatic N) is 1. The molecule has 1 aromatic carbocycles. The number of pyridine rings is 1. The predicted octanol–water partition coefficient (Wildman–Crippen LogP) is -0.109. The first-order chi connectivity index (χ1) is 7.86. The van der Waals surface area contributed by atoms with Crippen LogP contribution in [0.3, 0.4) is 0 Å². The molecule has 1 heterocycles. The van der Waals surface area contributed by atoms with Gasteiger partial charge in [0.15, 0.2) is 23.2 Å². The van der Waals surface area contributed by atoms with Crippen LogP contribution < -0.4 is 18.9 Å². The van der Waals surface area contributed by atoms with Crippen LogP contribution in [0.2, 0.25) is 0 Å². The number of phenols is 1. The van der Waals surface area contributed by atoms with Crippen LogP contribution in [0.1, 0.15) is 1.43 Å². The summed E-state index contributed by atoms with van der Waals surface area (Å²) in [4.78, 5) is 2.62. The number of benzene rings is 1. The molecule has 0 saturated carbocycles. The Labute approximate surface area is 109 Å². The molecule has 2 rings (SSSR count). The van der Waals surface area contributed by atoms with Crippen molar-refractivity contribution in [2.24, 2.45) is 0 Å². The topological polar surface area (TPSA) is 33.1 Å². The number of rotatable bonds is 0. The van der Waals surface area contributed by atoms with Gasteiger partial charge in [0.05, 0.1) is 5.39 Å². The van der Waals surface area contributed by atoms with Gasteiger partial charge in [0.1, 0.15) is 5.52 Å². The molecule has 1 aromatic heterocycles. The molecule has 0 aliphatic rings. The number of hydrogen-bond acceptors (Lipinski definition) is 2. The molecule has 2 nitrogen and oxygen atoms in total. The van der Waals surface area contributed by atoms with Gasteiger partial charge in [-0.25, -0.2) is 18.2 Å². The average Bonchev–Trinajstić information content (AvgIpc) is 2.30. The Kier molecular flexibility index (Phi) is 3.83. The van der Waals surface area contributed by atoms with E-state index in [4.69, 9.17) is 5.11 Å². The van der Waals surface area contributed by atoms with Crippen molar-refractivity contribution in [1.29, 1.82) is 0 Å². The molecule has 92 valence electrons. The van der Waals surface area contributed by atoms with E-state index < -0.39 is 51.7 Å². The summed E-state index contributed by atoms with van der Waals surface area (Å²) >= 11 is 0. The van der Waals surface area contributed by atoms with E-state index in [9.17, 15) is 26.3 Å². The molecule has 0 unspecified atom stereocenters. The van der Waals surface area contributed by atoms with Gasteiger partial charge in [-0.05, 0) is 0 Å². The minimum Gasteiger partial charge on any atom is -1.00 e. The third-order valence-electron chi connectivity index (χ3n) is 2.08.